The molecule has 0 aliphatic rings. The molecule has 0 amide bonds. The van der Waals surface area contributed by atoms with E-state index in [1.807, 2.05) is 0 Å². The van der Waals surface area contributed by atoms with Crippen LogP contribution in [0.4, 0.5) is 13.2 Å². The SMILES string of the molecule is CCN(CC(=O)c1ccc(Cl)cc1Cl)CC(F)(F)F. The normalized spacial score (nSPS) is 11.9. The van der Waals surface area contributed by atoms with Crippen molar-refractivity contribution in [3.05, 3.63) is 33.8 Å². The van der Waals surface area contributed by atoms with Crippen LogP contribution in [-0.4, -0.2) is 36.5 Å². The molecule has 106 valence electrons. The van der Waals surface area contributed by atoms with Gasteiger partial charge >= 0.3 is 6.18 Å². The number of carbonyl (C=O) groups excluding carboxylic acids is 1. The van der Waals surface area contributed by atoms with Gasteiger partial charge in [-0.05, 0) is 24.7 Å². The lowest BCUT2D eigenvalue weighted by Crippen LogP contribution is -2.37. The molecule has 0 bridgehead atoms. The molecule has 1 aromatic rings. The van der Waals surface area contributed by atoms with Gasteiger partial charge in [-0.1, -0.05) is 30.1 Å². The molecule has 7 heteroatoms. The second kappa shape index (κ2) is 6.59. The highest BCUT2D eigenvalue weighted by molar-refractivity contribution is 6.36. The van der Waals surface area contributed by atoms with Crippen molar-refractivity contribution in [1.82, 2.24) is 4.90 Å². The predicted molar refractivity (Wildman–Crippen MR) is 69.0 cm³/mol. The first-order valence-corrected chi connectivity index (χ1v) is 6.26. The maximum Gasteiger partial charge on any atom is 0.401 e. The number of halogens is 5. The minimum atomic E-state index is -4.33. The third-order valence-electron chi connectivity index (χ3n) is 2.45. The van der Waals surface area contributed by atoms with E-state index in [1.165, 1.54) is 18.2 Å². The van der Waals surface area contributed by atoms with Crippen LogP contribution < -0.4 is 0 Å². The Labute approximate surface area is 119 Å². The molecule has 0 heterocycles. The Balaban J connectivity index is 2.77. The Kier molecular flexibility index (Phi) is 5.64. The number of likely N-dealkylation sites (N-methyl/N-ethyl adjacent to an activating group) is 1. The number of hydrogen-bond donors (Lipinski definition) is 0. The maximum atomic E-state index is 12.3. The molecule has 0 aliphatic carbocycles. The molecule has 2 nitrogen and oxygen atoms in total. The second-order valence-electron chi connectivity index (χ2n) is 3.97. The smallest absolute Gasteiger partial charge is 0.293 e. The Morgan fingerprint density at radius 3 is 2.42 bits per heavy atom. The average molecular weight is 314 g/mol. The van der Waals surface area contributed by atoms with E-state index in [0.29, 0.717) is 5.02 Å². The van der Waals surface area contributed by atoms with Crippen LogP contribution in [-0.2, 0) is 0 Å². The second-order valence-corrected chi connectivity index (χ2v) is 4.81. The van der Waals surface area contributed by atoms with Crippen LogP contribution in [0.1, 0.15) is 17.3 Å². The summed E-state index contributed by atoms with van der Waals surface area (Å²) in [5.74, 6) is -0.465. The van der Waals surface area contributed by atoms with Gasteiger partial charge in [-0.3, -0.25) is 9.69 Å². The van der Waals surface area contributed by atoms with E-state index in [1.54, 1.807) is 6.92 Å². The van der Waals surface area contributed by atoms with E-state index in [9.17, 15) is 18.0 Å². The summed E-state index contributed by atoms with van der Waals surface area (Å²) in [6.07, 6.45) is -4.33. The number of nitrogens with zero attached hydrogens (tertiary/aromatic N) is 1. The molecule has 0 aromatic heterocycles. The molecule has 0 aliphatic heterocycles. The molecule has 1 aromatic carbocycles. The fourth-order valence-electron chi connectivity index (χ4n) is 1.54. The number of Topliss-reactive ketones (excluding diaryl/α,β-unsaturated/α-hetero) is 1. The van der Waals surface area contributed by atoms with Crippen molar-refractivity contribution < 1.29 is 18.0 Å². The highest BCUT2D eigenvalue weighted by Crippen LogP contribution is 2.22. The minimum absolute atomic E-state index is 0.121. The highest BCUT2D eigenvalue weighted by Gasteiger charge is 2.31. The monoisotopic (exact) mass is 313 g/mol. The van der Waals surface area contributed by atoms with Gasteiger partial charge in [-0.2, -0.15) is 13.2 Å². The standard InChI is InChI=1S/C12H12Cl2F3NO/c1-2-18(7-12(15,16)17)6-11(19)9-4-3-8(13)5-10(9)14/h3-5H,2,6-7H2,1H3. The van der Waals surface area contributed by atoms with Crippen molar-refractivity contribution >= 4 is 29.0 Å². The Morgan fingerprint density at radius 1 is 1.32 bits per heavy atom. The van der Waals surface area contributed by atoms with E-state index in [0.717, 1.165) is 4.90 Å². The van der Waals surface area contributed by atoms with Gasteiger partial charge in [0.05, 0.1) is 18.1 Å². The maximum absolute atomic E-state index is 12.3. The molecule has 0 atom stereocenters. The first-order valence-electron chi connectivity index (χ1n) is 5.50. The number of ketones is 1. The molecule has 19 heavy (non-hydrogen) atoms. The number of alkyl halides is 3. The summed E-state index contributed by atoms with van der Waals surface area (Å²) in [5, 5.41) is 0.504. The number of rotatable bonds is 5. The molecule has 1 rings (SSSR count). The van der Waals surface area contributed by atoms with Crippen molar-refractivity contribution in [1.29, 1.82) is 0 Å². The van der Waals surface area contributed by atoms with E-state index in [-0.39, 0.29) is 23.7 Å². The van der Waals surface area contributed by atoms with Gasteiger partial charge in [0.15, 0.2) is 5.78 Å². The van der Waals surface area contributed by atoms with Crippen LogP contribution >= 0.6 is 23.2 Å². The summed E-state index contributed by atoms with van der Waals surface area (Å²) in [5.41, 5.74) is 0.173. The topological polar surface area (TPSA) is 20.3 Å². The number of carbonyl (C=O) groups is 1. The molecule has 0 N–H and O–H groups in total. The van der Waals surface area contributed by atoms with Crippen LogP contribution in [0, 0.1) is 0 Å². The van der Waals surface area contributed by atoms with Gasteiger partial charge in [0, 0.05) is 10.6 Å². The van der Waals surface area contributed by atoms with Crippen molar-refractivity contribution in [2.75, 3.05) is 19.6 Å². The molecule has 0 radical (unpaired) electrons. The zero-order chi connectivity index (χ0) is 14.6. The Hall–Kier alpha value is -0.780. The van der Waals surface area contributed by atoms with Gasteiger partial charge < -0.3 is 0 Å². The highest BCUT2D eigenvalue weighted by atomic mass is 35.5. The number of hydrogen-bond acceptors (Lipinski definition) is 2. The summed E-state index contributed by atoms with van der Waals surface area (Å²) in [6, 6.07) is 4.27. The first-order chi connectivity index (χ1) is 8.73. The van der Waals surface area contributed by atoms with Crippen molar-refractivity contribution in [2.24, 2.45) is 0 Å². The average Bonchev–Trinajstić information content (AvgIpc) is 2.25. The van der Waals surface area contributed by atoms with E-state index < -0.39 is 18.5 Å². The third-order valence-corrected chi connectivity index (χ3v) is 3.00. The van der Waals surface area contributed by atoms with Crippen LogP contribution in [0.2, 0.25) is 10.0 Å². The summed E-state index contributed by atoms with van der Waals surface area (Å²) in [7, 11) is 0. The molecule has 0 saturated carbocycles. The predicted octanol–water partition coefficient (Wildman–Crippen LogP) is 4.06. The minimum Gasteiger partial charge on any atom is -0.293 e. The van der Waals surface area contributed by atoms with Crippen LogP contribution in [0.3, 0.4) is 0 Å². The van der Waals surface area contributed by atoms with Gasteiger partial charge in [0.2, 0.25) is 0 Å². The van der Waals surface area contributed by atoms with E-state index in [2.05, 4.69) is 0 Å². The Bertz CT molecular complexity index is 463. The summed E-state index contributed by atoms with van der Waals surface area (Å²) >= 11 is 11.5. The van der Waals surface area contributed by atoms with E-state index >= 15 is 0 Å². The van der Waals surface area contributed by atoms with Crippen molar-refractivity contribution in [2.45, 2.75) is 13.1 Å². The summed E-state index contributed by atoms with van der Waals surface area (Å²) in [4.78, 5) is 12.9. The molecule has 0 unspecified atom stereocenters. The van der Waals surface area contributed by atoms with Gasteiger partial charge in [-0.15, -0.1) is 0 Å². The fourth-order valence-corrected chi connectivity index (χ4v) is 2.05. The molecule has 0 spiro atoms. The lowest BCUT2D eigenvalue weighted by Gasteiger charge is -2.21. The largest absolute Gasteiger partial charge is 0.401 e. The zero-order valence-corrected chi connectivity index (χ0v) is 11.6. The summed E-state index contributed by atoms with van der Waals surface area (Å²) < 4.78 is 36.8. The molecule has 0 saturated heterocycles. The van der Waals surface area contributed by atoms with Gasteiger partial charge in [0.1, 0.15) is 0 Å². The van der Waals surface area contributed by atoms with Crippen LogP contribution in [0.15, 0.2) is 18.2 Å². The van der Waals surface area contributed by atoms with Gasteiger partial charge in [0.25, 0.3) is 0 Å². The first kappa shape index (κ1) is 16.3. The lowest BCUT2D eigenvalue weighted by atomic mass is 10.1. The fraction of sp³-hybridized carbons (Fsp3) is 0.417. The quantitative estimate of drug-likeness (QED) is 0.764. The van der Waals surface area contributed by atoms with Gasteiger partial charge in [-0.25, -0.2) is 0 Å². The lowest BCUT2D eigenvalue weighted by molar-refractivity contribution is -0.144. The molecular weight excluding hydrogens is 302 g/mol. The van der Waals surface area contributed by atoms with Crippen molar-refractivity contribution in [3.8, 4) is 0 Å². The molecule has 0 fully saturated rings. The summed E-state index contributed by atoms with van der Waals surface area (Å²) in [6.45, 7) is 0.219. The van der Waals surface area contributed by atoms with Crippen molar-refractivity contribution in [3.63, 3.8) is 0 Å². The van der Waals surface area contributed by atoms with Crippen LogP contribution in [0.25, 0.3) is 0 Å². The van der Waals surface area contributed by atoms with Crippen LogP contribution in [0.5, 0.6) is 0 Å². The number of benzene rings is 1. The molecular formula is C12H12Cl2F3NO. The Morgan fingerprint density at radius 2 is 1.95 bits per heavy atom. The van der Waals surface area contributed by atoms with E-state index in [4.69, 9.17) is 23.2 Å². The zero-order valence-electron chi connectivity index (χ0n) is 10.1. The third kappa shape index (κ3) is 5.38.